The van der Waals surface area contributed by atoms with Gasteiger partial charge in [-0.3, -0.25) is 0 Å². The van der Waals surface area contributed by atoms with Crippen molar-refractivity contribution in [2.75, 3.05) is 0 Å². The first kappa shape index (κ1) is 14.4. The lowest BCUT2D eigenvalue weighted by Gasteiger charge is -2.10. The number of hydrogen-bond acceptors (Lipinski definition) is 4. The maximum Gasteiger partial charge on any atom is 0.416 e. The SMILES string of the molecule is NC(c1ccc(C(F)(F)F)cc1)c1noc(C(F)F)n1. The van der Waals surface area contributed by atoms with Gasteiger partial charge in [0.05, 0.1) is 11.6 Å². The summed E-state index contributed by atoms with van der Waals surface area (Å²) in [5.74, 6) is -1.11. The zero-order chi connectivity index (χ0) is 14.9. The van der Waals surface area contributed by atoms with E-state index in [0.717, 1.165) is 24.3 Å². The van der Waals surface area contributed by atoms with Gasteiger partial charge < -0.3 is 10.3 Å². The summed E-state index contributed by atoms with van der Waals surface area (Å²) >= 11 is 0. The summed E-state index contributed by atoms with van der Waals surface area (Å²) in [5, 5.41) is 3.27. The second-order valence-corrected chi connectivity index (χ2v) is 3.89. The summed E-state index contributed by atoms with van der Waals surface area (Å²) in [7, 11) is 0. The van der Waals surface area contributed by atoms with Crippen molar-refractivity contribution in [2.45, 2.75) is 18.6 Å². The Bertz CT molecular complexity index is 578. The topological polar surface area (TPSA) is 64.9 Å². The average molecular weight is 293 g/mol. The third kappa shape index (κ3) is 2.93. The van der Waals surface area contributed by atoms with Crippen LogP contribution in [0.25, 0.3) is 0 Å². The molecule has 1 heterocycles. The fourth-order valence-electron chi connectivity index (χ4n) is 1.49. The van der Waals surface area contributed by atoms with Crippen molar-refractivity contribution in [3.8, 4) is 0 Å². The van der Waals surface area contributed by atoms with E-state index >= 15 is 0 Å². The summed E-state index contributed by atoms with van der Waals surface area (Å²) in [5.41, 5.74) is 5.09. The highest BCUT2D eigenvalue weighted by molar-refractivity contribution is 5.29. The second-order valence-electron chi connectivity index (χ2n) is 3.89. The van der Waals surface area contributed by atoms with Crippen LogP contribution in [-0.4, -0.2) is 10.1 Å². The lowest BCUT2D eigenvalue weighted by atomic mass is 10.0. The van der Waals surface area contributed by atoms with Crippen molar-refractivity contribution in [2.24, 2.45) is 5.73 Å². The van der Waals surface area contributed by atoms with Crippen LogP contribution in [0.1, 0.15) is 35.3 Å². The minimum absolute atomic E-state index is 0.222. The fourth-order valence-corrected chi connectivity index (χ4v) is 1.49. The maximum atomic E-state index is 12.4. The predicted octanol–water partition coefficient (Wildman–Crippen LogP) is 3.07. The van der Waals surface area contributed by atoms with E-state index < -0.39 is 30.1 Å². The van der Waals surface area contributed by atoms with Gasteiger partial charge in [-0.25, -0.2) is 0 Å². The smallest absolute Gasteiger partial charge is 0.333 e. The van der Waals surface area contributed by atoms with E-state index in [1.807, 2.05) is 0 Å². The van der Waals surface area contributed by atoms with Crippen molar-refractivity contribution in [3.63, 3.8) is 0 Å². The van der Waals surface area contributed by atoms with Gasteiger partial charge in [0.1, 0.15) is 0 Å². The Kier molecular flexibility index (Phi) is 3.71. The van der Waals surface area contributed by atoms with E-state index in [1.165, 1.54) is 0 Å². The molecule has 1 atom stereocenters. The number of rotatable bonds is 3. The Morgan fingerprint density at radius 1 is 1.10 bits per heavy atom. The van der Waals surface area contributed by atoms with Gasteiger partial charge in [-0.15, -0.1) is 0 Å². The third-order valence-corrected chi connectivity index (χ3v) is 2.52. The molecule has 1 aromatic carbocycles. The van der Waals surface area contributed by atoms with Crippen molar-refractivity contribution < 1.29 is 26.5 Å². The molecule has 0 aliphatic heterocycles. The summed E-state index contributed by atoms with van der Waals surface area (Å²) in [6, 6.07) is 2.89. The molecule has 4 nitrogen and oxygen atoms in total. The van der Waals surface area contributed by atoms with Crippen LogP contribution in [0.4, 0.5) is 22.0 Å². The Labute approximate surface area is 109 Å². The van der Waals surface area contributed by atoms with E-state index in [-0.39, 0.29) is 11.4 Å². The number of nitrogens with zero attached hydrogens (tertiary/aromatic N) is 2. The highest BCUT2D eigenvalue weighted by atomic mass is 19.4. The third-order valence-electron chi connectivity index (χ3n) is 2.52. The quantitative estimate of drug-likeness (QED) is 0.883. The van der Waals surface area contributed by atoms with E-state index in [0.29, 0.717) is 0 Å². The van der Waals surface area contributed by atoms with Crippen LogP contribution in [0.5, 0.6) is 0 Å². The van der Waals surface area contributed by atoms with Gasteiger partial charge in [-0.2, -0.15) is 26.9 Å². The van der Waals surface area contributed by atoms with Gasteiger partial charge in [-0.05, 0) is 17.7 Å². The molecule has 20 heavy (non-hydrogen) atoms. The molecule has 1 aromatic heterocycles. The number of alkyl halides is 5. The molecule has 108 valence electrons. The lowest BCUT2D eigenvalue weighted by molar-refractivity contribution is -0.137. The number of benzene rings is 1. The highest BCUT2D eigenvalue weighted by Gasteiger charge is 2.30. The van der Waals surface area contributed by atoms with Crippen LogP contribution in [0.15, 0.2) is 28.8 Å². The van der Waals surface area contributed by atoms with Gasteiger partial charge >= 0.3 is 12.6 Å². The van der Waals surface area contributed by atoms with Crippen LogP contribution in [0.3, 0.4) is 0 Å². The molecule has 2 aromatic rings. The molecule has 0 aliphatic carbocycles. The molecule has 2 N–H and O–H groups in total. The molecule has 0 radical (unpaired) electrons. The molecule has 0 spiro atoms. The largest absolute Gasteiger partial charge is 0.416 e. The highest BCUT2D eigenvalue weighted by Crippen LogP contribution is 2.30. The van der Waals surface area contributed by atoms with Gasteiger partial charge in [0.2, 0.25) is 0 Å². The average Bonchev–Trinajstić information content (AvgIpc) is 2.86. The summed E-state index contributed by atoms with van der Waals surface area (Å²) in [6.45, 7) is 0. The first-order valence-electron chi connectivity index (χ1n) is 5.33. The molecule has 9 heteroatoms. The van der Waals surface area contributed by atoms with Crippen LogP contribution in [0.2, 0.25) is 0 Å². The zero-order valence-electron chi connectivity index (χ0n) is 9.73. The van der Waals surface area contributed by atoms with Crippen molar-refractivity contribution in [1.82, 2.24) is 10.1 Å². The first-order valence-corrected chi connectivity index (χ1v) is 5.33. The van der Waals surface area contributed by atoms with Crippen LogP contribution in [-0.2, 0) is 6.18 Å². The molecule has 0 bridgehead atoms. The van der Waals surface area contributed by atoms with Crippen molar-refractivity contribution in [1.29, 1.82) is 0 Å². The Morgan fingerprint density at radius 2 is 1.70 bits per heavy atom. The van der Waals surface area contributed by atoms with Crippen LogP contribution in [0, 0.1) is 0 Å². The van der Waals surface area contributed by atoms with E-state index in [1.54, 1.807) is 0 Å². The minimum atomic E-state index is -4.46. The molecule has 0 saturated heterocycles. The monoisotopic (exact) mass is 293 g/mol. The molecule has 0 fully saturated rings. The molecular weight excluding hydrogens is 285 g/mol. The number of halogens is 5. The fraction of sp³-hybridized carbons (Fsp3) is 0.273. The summed E-state index contributed by atoms with van der Waals surface area (Å²) in [4.78, 5) is 3.38. The lowest BCUT2D eigenvalue weighted by Crippen LogP contribution is -2.14. The van der Waals surface area contributed by atoms with E-state index in [2.05, 4.69) is 14.7 Å². The Balaban J connectivity index is 2.22. The second kappa shape index (κ2) is 5.16. The van der Waals surface area contributed by atoms with Crippen LogP contribution < -0.4 is 5.73 Å². The Morgan fingerprint density at radius 3 is 2.15 bits per heavy atom. The van der Waals surface area contributed by atoms with Crippen molar-refractivity contribution >= 4 is 0 Å². The van der Waals surface area contributed by atoms with Gasteiger partial charge in [0.25, 0.3) is 5.89 Å². The van der Waals surface area contributed by atoms with Crippen molar-refractivity contribution in [3.05, 3.63) is 47.1 Å². The summed E-state index contributed by atoms with van der Waals surface area (Å²) in [6.07, 6.45) is -7.39. The number of nitrogens with two attached hydrogens (primary N) is 1. The van der Waals surface area contributed by atoms with E-state index in [9.17, 15) is 22.0 Å². The van der Waals surface area contributed by atoms with Crippen LogP contribution >= 0.6 is 0 Å². The standard InChI is InChI=1S/C11H8F5N3O/c12-8(13)10-18-9(19-20-10)7(17)5-1-3-6(4-2-5)11(14,15)16/h1-4,7-8H,17H2. The minimum Gasteiger partial charge on any atom is -0.333 e. The van der Waals surface area contributed by atoms with Gasteiger partial charge in [0.15, 0.2) is 5.82 Å². The summed E-state index contributed by atoms with van der Waals surface area (Å²) < 4.78 is 66.0. The van der Waals surface area contributed by atoms with Gasteiger partial charge in [0, 0.05) is 0 Å². The zero-order valence-corrected chi connectivity index (χ0v) is 9.73. The molecule has 0 aliphatic rings. The normalized spacial score (nSPS) is 13.8. The molecule has 2 rings (SSSR count). The molecular formula is C11H8F5N3O. The predicted molar refractivity (Wildman–Crippen MR) is 56.7 cm³/mol. The number of aromatic nitrogens is 2. The molecule has 0 amide bonds. The first-order chi connectivity index (χ1) is 9.29. The van der Waals surface area contributed by atoms with E-state index in [4.69, 9.17) is 5.73 Å². The van der Waals surface area contributed by atoms with Gasteiger partial charge in [-0.1, -0.05) is 17.3 Å². The molecule has 1 unspecified atom stereocenters. The molecule has 0 saturated carbocycles. The number of hydrogen-bond donors (Lipinski definition) is 1. The maximum absolute atomic E-state index is 12.4. The Hall–Kier alpha value is -2.03.